The molecule has 0 bridgehead atoms. The second-order valence-corrected chi connectivity index (χ2v) is 3.99. The van der Waals surface area contributed by atoms with Gasteiger partial charge in [0.15, 0.2) is 11.6 Å². The lowest BCUT2D eigenvalue weighted by Crippen LogP contribution is -1.84. The van der Waals surface area contributed by atoms with Crippen molar-refractivity contribution in [1.29, 1.82) is 0 Å². The van der Waals surface area contributed by atoms with Gasteiger partial charge in [0.25, 0.3) is 0 Å². The molecule has 0 spiro atoms. The maximum atomic E-state index is 13.0. The second-order valence-electron chi connectivity index (χ2n) is 3.99. The summed E-state index contributed by atoms with van der Waals surface area (Å²) in [5.74, 6) is -0.0410. The molecule has 0 N–H and O–H groups in total. The van der Waals surface area contributed by atoms with E-state index < -0.39 is 11.6 Å². The molecule has 0 aliphatic carbocycles. The van der Waals surface area contributed by atoms with Crippen molar-refractivity contribution in [1.82, 2.24) is 0 Å². The summed E-state index contributed by atoms with van der Waals surface area (Å²) in [7, 11) is 0. The van der Waals surface area contributed by atoms with Crippen LogP contribution in [0, 0.1) is 11.6 Å². The Morgan fingerprint density at radius 3 is 2.31 bits per heavy atom. The summed E-state index contributed by atoms with van der Waals surface area (Å²) in [6, 6.07) is 7.35. The van der Waals surface area contributed by atoms with E-state index in [4.69, 9.17) is 4.42 Å². The third-order valence-corrected chi connectivity index (χ3v) is 2.40. The van der Waals surface area contributed by atoms with Gasteiger partial charge in [0.1, 0.15) is 11.5 Å². The zero-order valence-corrected chi connectivity index (χ0v) is 9.13. The van der Waals surface area contributed by atoms with Crippen LogP contribution in [-0.4, -0.2) is 0 Å². The van der Waals surface area contributed by atoms with Gasteiger partial charge in [-0.2, -0.15) is 0 Å². The molecule has 0 aliphatic rings. The van der Waals surface area contributed by atoms with Gasteiger partial charge in [-0.05, 0) is 30.3 Å². The average molecular weight is 222 g/mol. The number of halogens is 2. The predicted molar refractivity (Wildman–Crippen MR) is 58.1 cm³/mol. The Hall–Kier alpha value is -1.64. The van der Waals surface area contributed by atoms with E-state index >= 15 is 0 Å². The molecule has 1 nitrogen and oxygen atoms in total. The molecule has 1 aromatic carbocycles. The first-order valence-electron chi connectivity index (χ1n) is 5.13. The molecule has 1 heterocycles. The maximum Gasteiger partial charge on any atom is 0.159 e. The number of rotatable bonds is 2. The fourth-order valence-corrected chi connectivity index (χ4v) is 1.47. The van der Waals surface area contributed by atoms with Gasteiger partial charge in [-0.15, -0.1) is 0 Å². The summed E-state index contributed by atoms with van der Waals surface area (Å²) in [5, 5.41) is 0. The number of hydrogen-bond acceptors (Lipinski definition) is 1. The van der Waals surface area contributed by atoms with Crippen LogP contribution in [0.2, 0.25) is 0 Å². The van der Waals surface area contributed by atoms with E-state index in [9.17, 15) is 8.78 Å². The number of benzene rings is 1. The fraction of sp³-hybridized carbons (Fsp3) is 0.231. The highest BCUT2D eigenvalue weighted by molar-refractivity contribution is 5.57. The van der Waals surface area contributed by atoms with E-state index in [1.54, 1.807) is 6.07 Å². The Morgan fingerprint density at radius 2 is 1.75 bits per heavy atom. The lowest BCUT2D eigenvalue weighted by atomic mass is 10.1. The van der Waals surface area contributed by atoms with Gasteiger partial charge < -0.3 is 4.42 Å². The molecule has 2 rings (SSSR count). The highest BCUT2D eigenvalue weighted by Gasteiger charge is 2.09. The second kappa shape index (κ2) is 4.08. The van der Waals surface area contributed by atoms with Crippen LogP contribution in [0.3, 0.4) is 0 Å². The quantitative estimate of drug-likeness (QED) is 0.736. The summed E-state index contributed by atoms with van der Waals surface area (Å²) in [4.78, 5) is 0. The molecule has 2 aromatic rings. The Morgan fingerprint density at radius 1 is 1.00 bits per heavy atom. The van der Waals surface area contributed by atoms with Gasteiger partial charge in [-0.25, -0.2) is 8.78 Å². The first-order valence-corrected chi connectivity index (χ1v) is 5.13. The van der Waals surface area contributed by atoms with Crippen molar-refractivity contribution in [2.75, 3.05) is 0 Å². The van der Waals surface area contributed by atoms with Crippen molar-refractivity contribution in [3.05, 3.63) is 47.7 Å². The van der Waals surface area contributed by atoms with E-state index in [2.05, 4.69) is 0 Å². The molecule has 0 radical (unpaired) electrons. The molecular weight excluding hydrogens is 210 g/mol. The van der Waals surface area contributed by atoms with Crippen LogP contribution in [0.4, 0.5) is 8.78 Å². The fourth-order valence-electron chi connectivity index (χ4n) is 1.47. The summed E-state index contributed by atoms with van der Waals surface area (Å²) in [5.41, 5.74) is 0.547. The Kier molecular flexibility index (Phi) is 2.77. The molecule has 1 aromatic heterocycles. The van der Waals surface area contributed by atoms with Crippen LogP contribution in [0.25, 0.3) is 11.3 Å². The molecule has 0 saturated heterocycles. The molecular formula is C13H12F2O. The first kappa shape index (κ1) is 10.9. The SMILES string of the molecule is CC(C)c1ccc(-c2ccc(F)c(F)c2)o1. The van der Waals surface area contributed by atoms with Gasteiger partial charge in [0.2, 0.25) is 0 Å². The highest BCUT2D eigenvalue weighted by atomic mass is 19.2. The van der Waals surface area contributed by atoms with Gasteiger partial charge in [-0.3, -0.25) is 0 Å². The van der Waals surface area contributed by atoms with Crippen LogP contribution < -0.4 is 0 Å². The van der Waals surface area contributed by atoms with Crippen molar-refractivity contribution in [3.63, 3.8) is 0 Å². The van der Waals surface area contributed by atoms with Crippen LogP contribution in [0.5, 0.6) is 0 Å². The zero-order valence-electron chi connectivity index (χ0n) is 9.13. The van der Waals surface area contributed by atoms with E-state index in [0.29, 0.717) is 11.3 Å². The molecule has 0 aliphatic heterocycles. The molecule has 3 heteroatoms. The van der Waals surface area contributed by atoms with Crippen molar-refractivity contribution in [3.8, 4) is 11.3 Å². The van der Waals surface area contributed by atoms with Gasteiger partial charge in [0, 0.05) is 11.5 Å². The molecule has 84 valence electrons. The van der Waals surface area contributed by atoms with Crippen LogP contribution in [0.1, 0.15) is 25.5 Å². The predicted octanol–water partition coefficient (Wildman–Crippen LogP) is 4.35. The average Bonchev–Trinajstić information content (AvgIpc) is 2.71. The minimum atomic E-state index is -0.861. The molecule has 0 fully saturated rings. The van der Waals surface area contributed by atoms with Gasteiger partial charge >= 0.3 is 0 Å². The summed E-state index contributed by atoms with van der Waals surface area (Å²) in [6.07, 6.45) is 0. The maximum absolute atomic E-state index is 13.0. The van der Waals surface area contributed by atoms with Crippen molar-refractivity contribution < 1.29 is 13.2 Å². The van der Waals surface area contributed by atoms with Crippen LogP contribution in [-0.2, 0) is 0 Å². The first-order chi connectivity index (χ1) is 7.58. The van der Waals surface area contributed by atoms with Crippen molar-refractivity contribution in [2.45, 2.75) is 19.8 Å². The smallest absolute Gasteiger partial charge is 0.159 e. The summed E-state index contributed by atoms with van der Waals surface area (Å²) >= 11 is 0. The summed E-state index contributed by atoms with van der Waals surface area (Å²) in [6.45, 7) is 4.02. The normalized spacial score (nSPS) is 11.1. The third-order valence-electron chi connectivity index (χ3n) is 2.40. The Bertz CT molecular complexity index is 500. The molecule has 0 unspecified atom stereocenters. The third kappa shape index (κ3) is 1.98. The van der Waals surface area contributed by atoms with Crippen molar-refractivity contribution >= 4 is 0 Å². The standard InChI is InChI=1S/C13H12F2O/c1-8(2)12-5-6-13(16-12)9-3-4-10(14)11(15)7-9/h3-8H,1-2H3. The van der Waals surface area contributed by atoms with E-state index in [-0.39, 0.29) is 5.92 Å². The van der Waals surface area contributed by atoms with Crippen LogP contribution in [0.15, 0.2) is 34.7 Å². The minimum Gasteiger partial charge on any atom is -0.461 e. The largest absolute Gasteiger partial charge is 0.461 e. The van der Waals surface area contributed by atoms with Gasteiger partial charge in [0.05, 0.1) is 0 Å². The Balaban J connectivity index is 2.39. The molecule has 0 atom stereocenters. The van der Waals surface area contributed by atoms with E-state index in [1.165, 1.54) is 6.07 Å². The highest BCUT2D eigenvalue weighted by Crippen LogP contribution is 2.26. The van der Waals surface area contributed by atoms with E-state index in [0.717, 1.165) is 17.9 Å². The molecule has 16 heavy (non-hydrogen) atoms. The monoisotopic (exact) mass is 222 g/mol. The topological polar surface area (TPSA) is 13.1 Å². The van der Waals surface area contributed by atoms with E-state index in [1.807, 2.05) is 19.9 Å². The Labute approximate surface area is 92.7 Å². The molecule has 0 amide bonds. The summed E-state index contributed by atoms with van der Waals surface area (Å²) < 4.78 is 31.3. The minimum absolute atomic E-state index is 0.277. The van der Waals surface area contributed by atoms with Gasteiger partial charge in [-0.1, -0.05) is 13.8 Å². The molecule has 0 saturated carbocycles. The van der Waals surface area contributed by atoms with Crippen molar-refractivity contribution in [2.24, 2.45) is 0 Å². The van der Waals surface area contributed by atoms with Crippen LogP contribution >= 0.6 is 0 Å². The zero-order chi connectivity index (χ0) is 11.7. The number of hydrogen-bond donors (Lipinski definition) is 0. The lowest BCUT2D eigenvalue weighted by molar-refractivity contribution is 0.494. The number of furan rings is 1. The lowest BCUT2D eigenvalue weighted by Gasteiger charge is -2.00.